The average molecular weight is 293 g/mol. The lowest BCUT2D eigenvalue weighted by Crippen LogP contribution is -2.38. The van der Waals surface area contributed by atoms with E-state index >= 15 is 0 Å². The fourth-order valence-corrected chi connectivity index (χ4v) is 2.17. The molecule has 0 radical (unpaired) electrons. The molecule has 2 rings (SSSR count). The fraction of sp³-hybridized carbons (Fsp3) is 0.533. The van der Waals surface area contributed by atoms with Crippen LogP contribution in [0.3, 0.4) is 0 Å². The summed E-state index contributed by atoms with van der Waals surface area (Å²) in [6.45, 7) is 7.40. The molecule has 6 heteroatoms. The molecule has 0 amide bonds. The summed E-state index contributed by atoms with van der Waals surface area (Å²) in [7, 11) is 0. The van der Waals surface area contributed by atoms with Crippen LogP contribution in [0.4, 0.5) is 0 Å². The Kier molecular flexibility index (Phi) is 5.83. The monoisotopic (exact) mass is 293 g/mol. The second-order valence-electron chi connectivity index (χ2n) is 4.81. The highest BCUT2D eigenvalue weighted by atomic mass is 16.5. The second kappa shape index (κ2) is 7.85. The average Bonchev–Trinajstić information content (AvgIpc) is 2.50. The van der Waals surface area contributed by atoms with Gasteiger partial charge >= 0.3 is 0 Å². The van der Waals surface area contributed by atoms with E-state index in [0.29, 0.717) is 30.3 Å². The lowest BCUT2D eigenvalue weighted by Gasteiger charge is -2.26. The minimum Gasteiger partial charge on any atom is -0.490 e. The third kappa shape index (κ3) is 4.61. The zero-order valence-corrected chi connectivity index (χ0v) is 12.4. The van der Waals surface area contributed by atoms with Crippen molar-refractivity contribution in [3.05, 3.63) is 23.8 Å². The summed E-state index contributed by atoms with van der Waals surface area (Å²) in [5, 5.41) is 7.47. The number of amidine groups is 1. The van der Waals surface area contributed by atoms with Crippen LogP contribution in [0.25, 0.3) is 0 Å². The Morgan fingerprint density at radius 1 is 1.29 bits per heavy atom. The van der Waals surface area contributed by atoms with E-state index in [2.05, 4.69) is 4.90 Å². The van der Waals surface area contributed by atoms with Gasteiger partial charge in [-0.1, -0.05) is 0 Å². The SMILES string of the molecule is CCOc1cc(C(=N)N)ccc1OCCN1CCOCC1. The van der Waals surface area contributed by atoms with Crippen LogP contribution >= 0.6 is 0 Å². The van der Waals surface area contributed by atoms with Crippen molar-refractivity contribution in [2.24, 2.45) is 5.73 Å². The molecule has 0 aliphatic carbocycles. The molecule has 0 aromatic heterocycles. The van der Waals surface area contributed by atoms with Gasteiger partial charge < -0.3 is 19.9 Å². The lowest BCUT2D eigenvalue weighted by molar-refractivity contribution is 0.0321. The Labute approximate surface area is 125 Å². The minimum absolute atomic E-state index is 0.0239. The first-order valence-electron chi connectivity index (χ1n) is 7.25. The van der Waals surface area contributed by atoms with Gasteiger partial charge in [0.2, 0.25) is 0 Å². The van der Waals surface area contributed by atoms with E-state index < -0.39 is 0 Å². The molecule has 0 unspecified atom stereocenters. The molecule has 0 saturated carbocycles. The van der Waals surface area contributed by atoms with Crippen molar-refractivity contribution in [1.29, 1.82) is 5.41 Å². The quantitative estimate of drug-likeness (QED) is 0.581. The molecule has 6 nitrogen and oxygen atoms in total. The van der Waals surface area contributed by atoms with E-state index in [9.17, 15) is 0 Å². The van der Waals surface area contributed by atoms with Crippen LogP contribution in [0.5, 0.6) is 11.5 Å². The zero-order chi connectivity index (χ0) is 15.1. The van der Waals surface area contributed by atoms with Gasteiger partial charge in [0.15, 0.2) is 11.5 Å². The smallest absolute Gasteiger partial charge is 0.161 e. The molecular formula is C15H23N3O3. The normalized spacial score (nSPS) is 15.7. The van der Waals surface area contributed by atoms with Crippen molar-refractivity contribution < 1.29 is 14.2 Å². The first-order valence-corrected chi connectivity index (χ1v) is 7.25. The lowest BCUT2D eigenvalue weighted by atomic mass is 10.2. The largest absolute Gasteiger partial charge is 0.490 e. The number of nitrogens with one attached hydrogen (secondary N) is 1. The van der Waals surface area contributed by atoms with E-state index in [1.807, 2.05) is 6.92 Å². The van der Waals surface area contributed by atoms with Gasteiger partial charge in [-0.15, -0.1) is 0 Å². The summed E-state index contributed by atoms with van der Waals surface area (Å²) in [5.74, 6) is 1.35. The van der Waals surface area contributed by atoms with Gasteiger partial charge in [0.25, 0.3) is 0 Å². The molecule has 116 valence electrons. The number of rotatable bonds is 7. The Bertz CT molecular complexity index is 473. The zero-order valence-electron chi connectivity index (χ0n) is 12.4. The highest BCUT2D eigenvalue weighted by Crippen LogP contribution is 2.28. The molecule has 1 aromatic carbocycles. The van der Waals surface area contributed by atoms with E-state index in [4.69, 9.17) is 25.4 Å². The Morgan fingerprint density at radius 3 is 2.71 bits per heavy atom. The first kappa shape index (κ1) is 15.6. The maximum absolute atomic E-state index is 7.47. The predicted molar refractivity (Wildman–Crippen MR) is 81.4 cm³/mol. The molecule has 1 aromatic rings. The van der Waals surface area contributed by atoms with Gasteiger partial charge in [-0.3, -0.25) is 10.3 Å². The molecule has 3 N–H and O–H groups in total. The van der Waals surface area contributed by atoms with Crippen LogP contribution < -0.4 is 15.2 Å². The van der Waals surface area contributed by atoms with Crippen LogP contribution in [0, 0.1) is 5.41 Å². The predicted octanol–water partition coefficient (Wildman–Crippen LogP) is 1.08. The number of hydrogen-bond donors (Lipinski definition) is 2. The van der Waals surface area contributed by atoms with Gasteiger partial charge in [-0.05, 0) is 25.1 Å². The highest BCUT2D eigenvalue weighted by molar-refractivity contribution is 5.95. The molecule has 1 heterocycles. The maximum Gasteiger partial charge on any atom is 0.161 e. The Balaban J connectivity index is 1.93. The molecule has 1 aliphatic rings. The van der Waals surface area contributed by atoms with Crippen molar-refractivity contribution in [1.82, 2.24) is 4.90 Å². The fourth-order valence-electron chi connectivity index (χ4n) is 2.17. The maximum atomic E-state index is 7.47. The molecule has 0 bridgehead atoms. The molecule has 1 aliphatic heterocycles. The number of nitrogens with zero attached hydrogens (tertiary/aromatic N) is 1. The molecule has 1 fully saturated rings. The number of nitrogen functional groups attached to an aromatic ring is 1. The molecule has 1 saturated heterocycles. The van der Waals surface area contributed by atoms with Gasteiger partial charge in [0.1, 0.15) is 12.4 Å². The van der Waals surface area contributed by atoms with Crippen molar-refractivity contribution in [2.45, 2.75) is 6.92 Å². The molecule has 0 spiro atoms. The van der Waals surface area contributed by atoms with E-state index in [1.165, 1.54) is 0 Å². The topological polar surface area (TPSA) is 80.8 Å². The molecular weight excluding hydrogens is 270 g/mol. The molecule has 0 atom stereocenters. The number of morpholine rings is 1. The number of benzene rings is 1. The molecule has 21 heavy (non-hydrogen) atoms. The standard InChI is InChI=1S/C15H23N3O3/c1-2-20-14-11-12(15(16)17)3-4-13(14)21-10-7-18-5-8-19-9-6-18/h3-4,11H,2,5-10H2,1H3,(H3,16,17). The van der Waals surface area contributed by atoms with Gasteiger partial charge in [-0.2, -0.15) is 0 Å². The van der Waals surface area contributed by atoms with E-state index in [-0.39, 0.29) is 5.84 Å². The summed E-state index contributed by atoms with van der Waals surface area (Å²) in [6, 6.07) is 5.33. The van der Waals surface area contributed by atoms with Crippen molar-refractivity contribution in [3.63, 3.8) is 0 Å². The summed E-state index contributed by atoms with van der Waals surface area (Å²) >= 11 is 0. The van der Waals surface area contributed by atoms with Gasteiger partial charge in [-0.25, -0.2) is 0 Å². The minimum atomic E-state index is 0.0239. The van der Waals surface area contributed by atoms with Crippen LogP contribution in [-0.2, 0) is 4.74 Å². The first-order chi connectivity index (χ1) is 10.2. The van der Waals surface area contributed by atoms with Gasteiger partial charge in [0, 0.05) is 25.2 Å². The van der Waals surface area contributed by atoms with Crippen LogP contribution in [0.1, 0.15) is 12.5 Å². The van der Waals surface area contributed by atoms with Gasteiger partial charge in [0.05, 0.1) is 19.8 Å². The van der Waals surface area contributed by atoms with Crippen molar-refractivity contribution >= 4 is 5.84 Å². The van der Waals surface area contributed by atoms with E-state index in [1.54, 1.807) is 18.2 Å². The number of ether oxygens (including phenoxy) is 3. The summed E-state index contributed by atoms with van der Waals surface area (Å²) < 4.78 is 16.7. The van der Waals surface area contributed by atoms with Crippen molar-refractivity contribution in [2.75, 3.05) is 46.1 Å². The number of hydrogen-bond acceptors (Lipinski definition) is 5. The summed E-state index contributed by atoms with van der Waals surface area (Å²) in [5.41, 5.74) is 6.13. The summed E-state index contributed by atoms with van der Waals surface area (Å²) in [4.78, 5) is 2.31. The van der Waals surface area contributed by atoms with Crippen LogP contribution in [0.15, 0.2) is 18.2 Å². The van der Waals surface area contributed by atoms with Crippen molar-refractivity contribution in [3.8, 4) is 11.5 Å². The number of nitrogens with two attached hydrogens (primary N) is 1. The van der Waals surface area contributed by atoms with Crippen LogP contribution in [-0.4, -0.2) is 56.8 Å². The third-order valence-electron chi connectivity index (χ3n) is 3.32. The third-order valence-corrected chi connectivity index (χ3v) is 3.32. The second-order valence-corrected chi connectivity index (χ2v) is 4.81. The summed E-state index contributed by atoms with van der Waals surface area (Å²) in [6.07, 6.45) is 0. The Morgan fingerprint density at radius 2 is 2.05 bits per heavy atom. The Hall–Kier alpha value is -1.79. The van der Waals surface area contributed by atoms with E-state index in [0.717, 1.165) is 32.8 Å². The highest BCUT2D eigenvalue weighted by Gasteiger charge is 2.12. The van der Waals surface area contributed by atoms with Crippen LogP contribution in [0.2, 0.25) is 0 Å².